The van der Waals surface area contributed by atoms with E-state index in [0.29, 0.717) is 12.1 Å². The fourth-order valence-corrected chi connectivity index (χ4v) is 2.37. The van der Waals surface area contributed by atoms with E-state index in [1.54, 1.807) is 0 Å². The zero-order valence-corrected chi connectivity index (χ0v) is 11.8. The van der Waals surface area contributed by atoms with Crippen molar-refractivity contribution in [3.05, 3.63) is 0 Å². The van der Waals surface area contributed by atoms with E-state index in [4.69, 9.17) is 0 Å². The van der Waals surface area contributed by atoms with E-state index in [1.807, 2.05) is 0 Å². The van der Waals surface area contributed by atoms with E-state index in [1.165, 1.54) is 32.2 Å². The van der Waals surface area contributed by atoms with Gasteiger partial charge in [-0.15, -0.1) is 0 Å². The lowest BCUT2D eigenvalue weighted by atomic mass is 10.0. The average Bonchev–Trinajstić information content (AvgIpc) is 3.01. The molecule has 1 saturated carbocycles. The van der Waals surface area contributed by atoms with Crippen LogP contribution in [0.15, 0.2) is 0 Å². The summed E-state index contributed by atoms with van der Waals surface area (Å²) in [6, 6.07) is 2.24. The van der Waals surface area contributed by atoms with Crippen molar-refractivity contribution in [1.29, 1.82) is 0 Å². The van der Waals surface area contributed by atoms with Crippen molar-refractivity contribution in [2.45, 2.75) is 71.5 Å². The third-order valence-electron chi connectivity index (χ3n) is 3.77. The van der Waals surface area contributed by atoms with Gasteiger partial charge in [0.15, 0.2) is 0 Å². The molecule has 16 heavy (non-hydrogen) atoms. The van der Waals surface area contributed by atoms with Crippen molar-refractivity contribution >= 4 is 0 Å². The summed E-state index contributed by atoms with van der Waals surface area (Å²) in [5, 5.41) is 3.66. The summed E-state index contributed by atoms with van der Waals surface area (Å²) in [6.45, 7) is 10.5. The molecular weight excluding hydrogens is 196 g/mol. The molecule has 1 aliphatic rings. The van der Waals surface area contributed by atoms with Crippen LogP contribution < -0.4 is 5.32 Å². The number of nitrogens with one attached hydrogen (secondary N) is 1. The highest BCUT2D eigenvalue weighted by Crippen LogP contribution is 2.19. The molecule has 0 saturated heterocycles. The van der Waals surface area contributed by atoms with Crippen LogP contribution in [0.25, 0.3) is 0 Å². The molecule has 0 spiro atoms. The zero-order valence-electron chi connectivity index (χ0n) is 11.8. The zero-order chi connectivity index (χ0) is 12.1. The van der Waals surface area contributed by atoms with Crippen LogP contribution in [-0.4, -0.2) is 36.6 Å². The molecule has 0 bridgehead atoms. The van der Waals surface area contributed by atoms with Gasteiger partial charge in [0, 0.05) is 24.7 Å². The minimum Gasteiger partial charge on any atom is -0.312 e. The molecule has 0 aromatic rings. The number of hydrogen-bond donors (Lipinski definition) is 1. The molecule has 0 aromatic carbocycles. The molecular formula is C14H30N2. The van der Waals surface area contributed by atoms with Crippen LogP contribution in [-0.2, 0) is 0 Å². The first kappa shape index (κ1) is 14.0. The molecule has 2 heteroatoms. The second-order valence-electron chi connectivity index (χ2n) is 5.89. The number of nitrogens with zero attached hydrogens (tertiary/aromatic N) is 1. The highest BCUT2D eigenvalue weighted by Gasteiger charge is 2.24. The quantitative estimate of drug-likeness (QED) is 0.684. The predicted octanol–water partition coefficient (Wildman–Crippen LogP) is 2.88. The molecule has 0 radical (unpaired) electrons. The van der Waals surface area contributed by atoms with E-state index < -0.39 is 0 Å². The van der Waals surface area contributed by atoms with Crippen LogP contribution in [0, 0.1) is 5.92 Å². The van der Waals surface area contributed by atoms with Gasteiger partial charge in [-0.25, -0.2) is 0 Å². The lowest BCUT2D eigenvalue weighted by Gasteiger charge is -2.33. The Bertz CT molecular complexity index is 187. The van der Waals surface area contributed by atoms with Crippen molar-refractivity contribution < 1.29 is 0 Å². The molecule has 0 amide bonds. The number of hydrogen-bond acceptors (Lipinski definition) is 2. The van der Waals surface area contributed by atoms with Crippen LogP contribution >= 0.6 is 0 Å². The van der Waals surface area contributed by atoms with Gasteiger partial charge < -0.3 is 5.32 Å². The molecule has 1 N–H and O–H groups in total. The Morgan fingerprint density at radius 1 is 1.25 bits per heavy atom. The van der Waals surface area contributed by atoms with Crippen LogP contribution in [0.1, 0.15) is 53.4 Å². The fourth-order valence-electron chi connectivity index (χ4n) is 2.37. The van der Waals surface area contributed by atoms with Crippen molar-refractivity contribution in [3.63, 3.8) is 0 Å². The second kappa shape index (κ2) is 6.61. The van der Waals surface area contributed by atoms with Crippen LogP contribution in [0.3, 0.4) is 0 Å². The summed E-state index contributed by atoms with van der Waals surface area (Å²) >= 11 is 0. The molecule has 1 aliphatic carbocycles. The van der Waals surface area contributed by atoms with Crippen molar-refractivity contribution in [2.24, 2.45) is 5.92 Å². The van der Waals surface area contributed by atoms with Gasteiger partial charge in [-0.1, -0.05) is 20.8 Å². The first-order chi connectivity index (χ1) is 7.54. The minimum atomic E-state index is 0.700. The Balaban J connectivity index is 2.30. The third-order valence-corrected chi connectivity index (χ3v) is 3.77. The standard InChI is InChI=1S/C14H30N2/c1-6-14(10-15-13-7-8-13)16(5)12(4)9-11(2)3/h11-15H,6-10H2,1-5H3. The van der Waals surface area contributed by atoms with Gasteiger partial charge in [0.25, 0.3) is 0 Å². The summed E-state index contributed by atoms with van der Waals surface area (Å²) in [5.74, 6) is 0.798. The van der Waals surface area contributed by atoms with Gasteiger partial charge in [0.1, 0.15) is 0 Å². The first-order valence-electron chi connectivity index (χ1n) is 6.99. The SMILES string of the molecule is CCC(CNC1CC1)N(C)C(C)CC(C)C. The molecule has 96 valence electrons. The molecule has 0 aliphatic heterocycles. The van der Waals surface area contributed by atoms with Crippen molar-refractivity contribution in [2.75, 3.05) is 13.6 Å². The minimum absolute atomic E-state index is 0.700. The summed E-state index contributed by atoms with van der Waals surface area (Å²) < 4.78 is 0. The van der Waals surface area contributed by atoms with Gasteiger partial charge in [-0.2, -0.15) is 0 Å². The lowest BCUT2D eigenvalue weighted by Crippen LogP contribution is -2.45. The molecule has 2 unspecified atom stereocenters. The third kappa shape index (κ3) is 4.84. The van der Waals surface area contributed by atoms with Gasteiger partial charge in [-0.05, 0) is 45.6 Å². The van der Waals surface area contributed by atoms with E-state index in [2.05, 4.69) is 45.0 Å². The van der Waals surface area contributed by atoms with E-state index >= 15 is 0 Å². The topological polar surface area (TPSA) is 15.3 Å². The van der Waals surface area contributed by atoms with Gasteiger partial charge in [-0.3, -0.25) is 4.90 Å². The molecule has 0 aromatic heterocycles. The van der Waals surface area contributed by atoms with Gasteiger partial charge in [0.05, 0.1) is 0 Å². The summed E-state index contributed by atoms with van der Waals surface area (Å²) in [4.78, 5) is 2.56. The largest absolute Gasteiger partial charge is 0.312 e. The van der Waals surface area contributed by atoms with Crippen molar-refractivity contribution in [1.82, 2.24) is 10.2 Å². The maximum atomic E-state index is 3.66. The average molecular weight is 226 g/mol. The molecule has 2 nitrogen and oxygen atoms in total. The Morgan fingerprint density at radius 3 is 2.31 bits per heavy atom. The first-order valence-corrected chi connectivity index (χ1v) is 6.99. The van der Waals surface area contributed by atoms with Crippen LogP contribution in [0.5, 0.6) is 0 Å². The van der Waals surface area contributed by atoms with Crippen molar-refractivity contribution in [3.8, 4) is 0 Å². The normalized spacial score (nSPS) is 20.4. The number of likely N-dealkylation sites (N-methyl/N-ethyl adjacent to an activating group) is 1. The predicted molar refractivity (Wildman–Crippen MR) is 71.8 cm³/mol. The Kier molecular flexibility index (Phi) is 5.77. The highest BCUT2D eigenvalue weighted by atomic mass is 15.2. The molecule has 1 fully saturated rings. The second-order valence-corrected chi connectivity index (χ2v) is 5.89. The summed E-state index contributed by atoms with van der Waals surface area (Å²) in [5.41, 5.74) is 0. The number of rotatable bonds is 8. The maximum absolute atomic E-state index is 3.66. The molecule has 2 atom stereocenters. The lowest BCUT2D eigenvalue weighted by molar-refractivity contribution is 0.157. The van der Waals surface area contributed by atoms with E-state index in [9.17, 15) is 0 Å². The fraction of sp³-hybridized carbons (Fsp3) is 1.00. The van der Waals surface area contributed by atoms with Gasteiger partial charge >= 0.3 is 0 Å². The van der Waals surface area contributed by atoms with E-state index in [-0.39, 0.29) is 0 Å². The maximum Gasteiger partial charge on any atom is 0.0217 e. The summed E-state index contributed by atoms with van der Waals surface area (Å²) in [6.07, 6.45) is 5.33. The Morgan fingerprint density at radius 2 is 1.88 bits per heavy atom. The molecule has 1 rings (SSSR count). The highest BCUT2D eigenvalue weighted by molar-refractivity contribution is 4.84. The smallest absolute Gasteiger partial charge is 0.0217 e. The van der Waals surface area contributed by atoms with Crippen LogP contribution in [0.4, 0.5) is 0 Å². The Hall–Kier alpha value is -0.0800. The monoisotopic (exact) mass is 226 g/mol. The molecule has 0 heterocycles. The Labute approximate surface area is 102 Å². The van der Waals surface area contributed by atoms with Crippen LogP contribution in [0.2, 0.25) is 0 Å². The summed E-state index contributed by atoms with van der Waals surface area (Å²) in [7, 11) is 2.29. The van der Waals surface area contributed by atoms with E-state index in [0.717, 1.165) is 12.0 Å². The van der Waals surface area contributed by atoms with Gasteiger partial charge in [0.2, 0.25) is 0 Å².